The van der Waals surface area contributed by atoms with Crippen LogP contribution in [0.5, 0.6) is 0 Å². The average Bonchev–Trinajstić information content (AvgIpc) is 2.99. The molecule has 4 heterocycles. The van der Waals surface area contributed by atoms with E-state index in [0.717, 1.165) is 25.9 Å². The quantitative estimate of drug-likeness (QED) is 0.779. The van der Waals surface area contributed by atoms with Gasteiger partial charge in [-0.05, 0) is 37.5 Å². The van der Waals surface area contributed by atoms with Gasteiger partial charge in [-0.2, -0.15) is 15.1 Å². The minimum atomic E-state index is -0.503. The molecule has 4 rings (SSSR count). The molecule has 0 spiro atoms. The average molecular weight is 350 g/mol. The predicted octanol–water partition coefficient (Wildman–Crippen LogP) is 0.850. The number of piperidine rings is 1. The van der Waals surface area contributed by atoms with Crippen LogP contribution in [-0.4, -0.2) is 51.3 Å². The summed E-state index contributed by atoms with van der Waals surface area (Å²) in [5.74, 6) is 0.0910. The first kappa shape index (κ1) is 15.3. The first-order valence-electron chi connectivity index (χ1n) is 7.86. The topological polar surface area (TPSA) is 105 Å². The normalized spacial score (nSPS) is 19.8. The highest BCUT2D eigenvalue weighted by Gasteiger charge is 2.29. The van der Waals surface area contributed by atoms with Gasteiger partial charge in [-0.3, -0.25) is 15.0 Å². The maximum atomic E-state index is 12.1. The number of rotatable bonds is 2. The number of imide groups is 1. The van der Waals surface area contributed by atoms with Crippen LogP contribution in [0.3, 0.4) is 0 Å². The zero-order valence-corrected chi connectivity index (χ0v) is 13.6. The molecule has 2 aromatic rings. The second-order valence-corrected chi connectivity index (χ2v) is 6.22. The second kappa shape index (κ2) is 5.99. The van der Waals surface area contributed by atoms with Crippen molar-refractivity contribution in [1.29, 1.82) is 0 Å². The fourth-order valence-electron chi connectivity index (χ4n) is 3.18. The molecule has 10 heteroatoms. The molecule has 0 atom stereocenters. The summed E-state index contributed by atoms with van der Waals surface area (Å²) in [5, 5.41) is 10.8. The fourth-order valence-corrected chi connectivity index (χ4v) is 3.34. The fraction of sp³-hybridized carbons (Fsp3) is 0.500. The molecule has 2 aliphatic heterocycles. The number of aromatic nitrogens is 4. The van der Waals surface area contributed by atoms with Crippen molar-refractivity contribution in [3.8, 4) is 0 Å². The highest BCUT2D eigenvalue weighted by molar-refractivity contribution is 6.29. The summed E-state index contributed by atoms with van der Waals surface area (Å²) < 4.78 is 1.86. The van der Waals surface area contributed by atoms with Crippen molar-refractivity contribution in [3.05, 3.63) is 11.5 Å². The SMILES string of the molecule is O=C1CCN(c2nc(Cl)nc3c2cnn3C2CCNCC2)C(=O)N1. The molecule has 3 amide bonds. The maximum absolute atomic E-state index is 12.1. The van der Waals surface area contributed by atoms with Crippen molar-refractivity contribution in [1.82, 2.24) is 30.4 Å². The maximum Gasteiger partial charge on any atom is 0.329 e. The Morgan fingerprint density at radius 3 is 2.75 bits per heavy atom. The largest absolute Gasteiger partial charge is 0.329 e. The van der Waals surface area contributed by atoms with Gasteiger partial charge in [0.05, 0.1) is 17.6 Å². The van der Waals surface area contributed by atoms with Crippen molar-refractivity contribution in [2.45, 2.75) is 25.3 Å². The summed E-state index contributed by atoms with van der Waals surface area (Å²) in [6, 6.07) is -0.267. The van der Waals surface area contributed by atoms with Crippen LogP contribution in [0.4, 0.5) is 10.6 Å². The van der Waals surface area contributed by atoms with E-state index in [1.807, 2.05) is 4.68 Å². The molecule has 24 heavy (non-hydrogen) atoms. The van der Waals surface area contributed by atoms with Crippen molar-refractivity contribution in [3.63, 3.8) is 0 Å². The minimum absolute atomic E-state index is 0.0536. The standard InChI is InChI=1S/C14H16ClN7O2/c15-13-19-11(21-6-3-10(23)18-14(21)24)9-7-17-22(12(9)20-13)8-1-4-16-5-2-8/h7-8,16H,1-6H2,(H,18,23,24). The van der Waals surface area contributed by atoms with E-state index >= 15 is 0 Å². The zero-order chi connectivity index (χ0) is 16.7. The highest BCUT2D eigenvalue weighted by atomic mass is 35.5. The van der Waals surface area contributed by atoms with Crippen LogP contribution in [0.2, 0.25) is 5.28 Å². The van der Waals surface area contributed by atoms with E-state index in [1.54, 1.807) is 6.20 Å². The minimum Gasteiger partial charge on any atom is -0.317 e. The lowest BCUT2D eigenvalue weighted by Gasteiger charge is -2.26. The molecule has 2 aromatic heterocycles. The summed E-state index contributed by atoms with van der Waals surface area (Å²) in [5.41, 5.74) is 0.613. The Morgan fingerprint density at radius 2 is 2.00 bits per heavy atom. The van der Waals surface area contributed by atoms with Gasteiger partial charge in [-0.1, -0.05) is 0 Å². The third kappa shape index (κ3) is 2.59. The van der Waals surface area contributed by atoms with E-state index in [0.29, 0.717) is 16.9 Å². The summed E-state index contributed by atoms with van der Waals surface area (Å²) in [4.78, 5) is 33.4. The molecule has 2 N–H and O–H groups in total. The third-order valence-electron chi connectivity index (χ3n) is 4.37. The number of halogens is 1. The van der Waals surface area contributed by atoms with Crippen LogP contribution < -0.4 is 15.5 Å². The molecule has 0 aromatic carbocycles. The first-order valence-corrected chi connectivity index (χ1v) is 8.24. The van der Waals surface area contributed by atoms with Gasteiger partial charge in [-0.15, -0.1) is 0 Å². The summed E-state index contributed by atoms with van der Waals surface area (Å²) in [6.45, 7) is 2.11. The molecule has 9 nitrogen and oxygen atoms in total. The van der Waals surface area contributed by atoms with E-state index in [-0.39, 0.29) is 30.2 Å². The number of hydrogen-bond acceptors (Lipinski definition) is 6. The number of nitrogens with one attached hydrogen (secondary N) is 2. The molecule has 0 bridgehead atoms. The van der Waals surface area contributed by atoms with Crippen molar-refractivity contribution >= 4 is 40.4 Å². The van der Waals surface area contributed by atoms with Crippen LogP contribution in [0.15, 0.2) is 6.20 Å². The van der Waals surface area contributed by atoms with Gasteiger partial charge in [0.1, 0.15) is 0 Å². The Labute approximate surface area is 142 Å². The van der Waals surface area contributed by atoms with E-state index in [4.69, 9.17) is 11.6 Å². The molecule has 0 aliphatic carbocycles. The summed E-state index contributed by atoms with van der Waals surface area (Å²) in [7, 11) is 0. The van der Waals surface area contributed by atoms with Gasteiger partial charge in [-0.25, -0.2) is 9.48 Å². The number of carbonyl (C=O) groups excluding carboxylic acids is 2. The molecule has 2 fully saturated rings. The van der Waals surface area contributed by atoms with E-state index in [2.05, 4.69) is 25.7 Å². The monoisotopic (exact) mass is 349 g/mol. The Balaban J connectivity index is 1.78. The van der Waals surface area contributed by atoms with Crippen molar-refractivity contribution in [2.24, 2.45) is 0 Å². The van der Waals surface area contributed by atoms with E-state index < -0.39 is 6.03 Å². The number of carbonyl (C=O) groups is 2. The molecular weight excluding hydrogens is 334 g/mol. The van der Waals surface area contributed by atoms with Gasteiger partial charge in [0.2, 0.25) is 11.2 Å². The number of urea groups is 1. The summed E-state index contributed by atoms with van der Waals surface area (Å²) in [6.07, 6.45) is 3.78. The Hall–Kier alpha value is -2.26. The Kier molecular flexibility index (Phi) is 3.81. The first-order chi connectivity index (χ1) is 11.6. The van der Waals surface area contributed by atoms with Crippen LogP contribution in [0.1, 0.15) is 25.3 Å². The summed E-state index contributed by atoms with van der Waals surface area (Å²) >= 11 is 6.09. The van der Waals surface area contributed by atoms with Gasteiger partial charge in [0.15, 0.2) is 11.5 Å². The Morgan fingerprint density at radius 1 is 1.21 bits per heavy atom. The number of nitrogens with zero attached hydrogens (tertiary/aromatic N) is 5. The number of anilines is 1. The van der Waals surface area contributed by atoms with Gasteiger partial charge in [0, 0.05) is 13.0 Å². The van der Waals surface area contributed by atoms with Crippen LogP contribution in [0.25, 0.3) is 11.0 Å². The molecule has 126 valence electrons. The highest BCUT2D eigenvalue weighted by Crippen LogP contribution is 2.30. The van der Waals surface area contributed by atoms with Crippen LogP contribution >= 0.6 is 11.6 Å². The smallest absolute Gasteiger partial charge is 0.317 e. The lowest BCUT2D eigenvalue weighted by atomic mass is 10.1. The van der Waals surface area contributed by atoms with Gasteiger partial charge >= 0.3 is 6.03 Å². The number of hydrogen-bond donors (Lipinski definition) is 2. The lowest BCUT2D eigenvalue weighted by molar-refractivity contribution is -0.120. The second-order valence-electron chi connectivity index (χ2n) is 5.88. The number of fused-ring (bicyclic) bond motifs is 1. The van der Waals surface area contributed by atoms with Gasteiger partial charge in [0.25, 0.3) is 0 Å². The molecular formula is C14H16ClN7O2. The molecule has 0 radical (unpaired) electrons. The Bertz CT molecular complexity index is 815. The molecule has 0 saturated carbocycles. The molecule has 2 aliphatic rings. The predicted molar refractivity (Wildman–Crippen MR) is 87.0 cm³/mol. The molecule has 2 saturated heterocycles. The van der Waals surface area contributed by atoms with Crippen LogP contribution in [-0.2, 0) is 4.79 Å². The van der Waals surface area contributed by atoms with Crippen molar-refractivity contribution in [2.75, 3.05) is 24.5 Å². The zero-order valence-electron chi connectivity index (χ0n) is 12.8. The number of amides is 3. The van der Waals surface area contributed by atoms with Gasteiger partial charge < -0.3 is 5.32 Å². The molecule has 0 unspecified atom stereocenters. The lowest BCUT2D eigenvalue weighted by Crippen LogP contribution is -2.50. The third-order valence-corrected chi connectivity index (χ3v) is 4.54. The van der Waals surface area contributed by atoms with Crippen LogP contribution in [0, 0.1) is 0 Å². The van der Waals surface area contributed by atoms with Crippen molar-refractivity contribution < 1.29 is 9.59 Å². The van der Waals surface area contributed by atoms with E-state index in [9.17, 15) is 9.59 Å². The van der Waals surface area contributed by atoms with E-state index in [1.165, 1.54) is 4.90 Å².